The van der Waals surface area contributed by atoms with Crippen molar-refractivity contribution in [2.45, 2.75) is 57.8 Å². The van der Waals surface area contributed by atoms with E-state index in [1.165, 1.54) is 6.92 Å². The average Bonchev–Trinajstić information content (AvgIpc) is 2.83. The Morgan fingerprint density at radius 2 is 1.44 bits per heavy atom. The number of amides is 5. The van der Waals surface area contributed by atoms with Crippen molar-refractivity contribution in [2.75, 3.05) is 13.1 Å². The molecule has 0 unspecified atom stereocenters. The van der Waals surface area contributed by atoms with Crippen LogP contribution in [0.2, 0.25) is 0 Å². The molecule has 7 N–H and O–H groups in total. The fraction of sp³-hybridized carbons (Fsp3) is 0.458. The van der Waals surface area contributed by atoms with Gasteiger partial charge < -0.3 is 41.5 Å². The van der Waals surface area contributed by atoms with Crippen molar-refractivity contribution in [3.63, 3.8) is 0 Å². The lowest BCUT2D eigenvalue weighted by Crippen LogP contribution is -2.59. The zero-order valence-corrected chi connectivity index (χ0v) is 21.9. The van der Waals surface area contributed by atoms with Crippen molar-refractivity contribution >= 4 is 41.7 Å². The summed E-state index contributed by atoms with van der Waals surface area (Å²) in [4.78, 5) is 83.5. The van der Waals surface area contributed by atoms with Gasteiger partial charge in [0, 0.05) is 6.42 Å². The number of carboxylic acids is 2. The second-order valence-electron chi connectivity index (χ2n) is 9.31. The van der Waals surface area contributed by atoms with E-state index in [0.717, 1.165) is 0 Å². The lowest BCUT2D eigenvalue weighted by atomic mass is 10.0. The van der Waals surface area contributed by atoms with E-state index >= 15 is 0 Å². The summed E-state index contributed by atoms with van der Waals surface area (Å²) >= 11 is 0. The van der Waals surface area contributed by atoms with Crippen molar-refractivity contribution in [2.24, 2.45) is 0 Å². The fourth-order valence-corrected chi connectivity index (χ4v) is 2.95. The van der Waals surface area contributed by atoms with Crippen LogP contribution in [0.25, 0.3) is 0 Å². The van der Waals surface area contributed by atoms with E-state index in [0.29, 0.717) is 5.56 Å². The monoisotopic (exact) mass is 551 g/mol. The van der Waals surface area contributed by atoms with Crippen LogP contribution >= 0.6 is 0 Å². The van der Waals surface area contributed by atoms with Crippen LogP contribution in [0.3, 0.4) is 0 Å². The predicted octanol–water partition coefficient (Wildman–Crippen LogP) is -1.49. The van der Waals surface area contributed by atoms with Gasteiger partial charge >= 0.3 is 23.9 Å². The first-order valence-electron chi connectivity index (χ1n) is 11.7. The number of nitrogens with one attached hydrogen (secondary N) is 5. The summed E-state index contributed by atoms with van der Waals surface area (Å²) in [6, 6.07) is 4.46. The minimum Gasteiger partial charge on any atom is -0.480 e. The summed E-state index contributed by atoms with van der Waals surface area (Å²) in [6.45, 7) is 4.80. The third-order valence-corrected chi connectivity index (χ3v) is 4.75. The van der Waals surface area contributed by atoms with Crippen LogP contribution in [0.1, 0.15) is 33.3 Å². The van der Waals surface area contributed by atoms with Gasteiger partial charge in [-0.05, 0) is 33.3 Å². The molecule has 3 atom stereocenters. The van der Waals surface area contributed by atoms with Crippen LogP contribution in [-0.2, 0) is 39.9 Å². The van der Waals surface area contributed by atoms with Gasteiger partial charge in [0.25, 0.3) is 0 Å². The zero-order valence-electron chi connectivity index (χ0n) is 21.9. The van der Waals surface area contributed by atoms with E-state index < -0.39 is 78.5 Å². The third-order valence-electron chi connectivity index (χ3n) is 4.75. The molecule has 0 spiro atoms. The Balaban J connectivity index is 2.93. The van der Waals surface area contributed by atoms with Gasteiger partial charge in [0.2, 0.25) is 17.7 Å². The smallest absolute Gasteiger partial charge is 0.407 e. The van der Waals surface area contributed by atoms with Crippen LogP contribution in [0.5, 0.6) is 0 Å². The van der Waals surface area contributed by atoms with Crippen molar-refractivity contribution in [1.82, 2.24) is 26.6 Å². The van der Waals surface area contributed by atoms with Gasteiger partial charge in [0.05, 0.1) is 6.54 Å². The van der Waals surface area contributed by atoms with Gasteiger partial charge in [-0.25, -0.2) is 9.59 Å². The summed E-state index contributed by atoms with van der Waals surface area (Å²) < 4.78 is 5.04. The highest BCUT2D eigenvalue weighted by molar-refractivity contribution is 6.32. The first-order chi connectivity index (χ1) is 18.1. The molecule has 0 bridgehead atoms. The maximum Gasteiger partial charge on any atom is 0.407 e. The molecule has 214 valence electrons. The Bertz CT molecular complexity index is 1070. The molecule has 39 heavy (non-hydrogen) atoms. The molecule has 0 radical (unpaired) electrons. The number of alkyl carbamates (subject to hydrolysis) is 1. The van der Waals surface area contributed by atoms with Gasteiger partial charge in [0.15, 0.2) is 0 Å². The molecule has 15 heteroatoms. The highest BCUT2D eigenvalue weighted by atomic mass is 16.6. The molecule has 0 fully saturated rings. The topological polar surface area (TPSA) is 229 Å². The molecule has 1 aromatic carbocycles. The summed E-state index contributed by atoms with van der Waals surface area (Å²) in [5.41, 5.74) is -0.208. The van der Waals surface area contributed by atoms with Gasteiger partial charge in [-0.1, -0.05) is 30.3 Å². The fourth-order valence-electron chi connectivity index (χ4n) is 2.95. The van der Waals surface area contributed by atoms with E-state index in [1.807, 2.05) is 5.32 Å². The highest BCUT2D eigenvalue weighted by Crippen LogP contribution is 2.07. The number of rotatable bonds is 12. The second kappa shape index (κ2) is 14.9. The van der Waals surface area contributed by atoms with E-state index in [2.05, 4.69) is 21.3 Å². The maximum atomic E-state index is 12.8. The Morgan fingerprint density at radius 3 is 1.97 bits per heavy atom. The Labute approximate surface area is 224 Å². The van der Waals surface area contributed by atoms with Crippen LogP contribution < -0.4 is 26.6 Å². The molecule has 5 amide bonds. The van der Waals surface area contributed by atoms with Crippen LogP contribution in [0.15, 0.2) is 30.3 Å². The molecular formula is C24H33N5O10. The van der Waals surface area contributed by atoms with Gasteiger partial charge in [-0.3, -0.25) is 24.0 Å². The van der Waals surface area contributed by atoms with Crippen molar-refractivity contribution < 1.29 is 48.5 Å². The molecule has 15 nitrogen and oxygen atoms in total. The first kappa shape index (κ1) is 32.3. The molecule has 0 aliphatic carbocycles. The highest BCUT2D eigenvalue weighted by Gasteiger charge is 2.29. The lowest BCUT2D eigenvalue weighted by molar-refractivity contribution is -0.151. The van der Waals surface area contributed by atoms with E-state index in [4.69, 9.17) is 14.9 Å². The van der Waals surface area contributed by atoms with Crippen LogP contribution in [0.4, 0.5) is 4.79 Å². The van der Waals surface area contributed by atoms with Gasteiger partial charge in [-0.15, -0.1) is 0 Å². The number of hydrogen-bond acceptors (Lipinski definition) is 8. The number of carboxylic acid groups (broad SMARTS) is 2. The molecule has 0 aromatic heterocycles. The third kappa shape index (κ3) is 12.9. The van der Waals surface area contributed by atoms with E-state index in [1.54, 1.807) is 51.1 Å². The normalized spacial score (nSPS) is 13.0. The summed E-state index contributed by atoms with van der Waals surface area (Å²) in [5.74, 6) is -7.33. The minimum absolute atomic E-state index is 0.00972. The Morgan fingerprint density at radius 1 is 0.821 bits per heavy atom. The SMILES string of the molecule is C[C@H](NC(=O)[C@H](CNC(=O)OC(C)(C)C)NC(=O)C(=O)O)C(=O)N[C@@H](Cc1ccccc1)C(=O)NCC(=O)O. The minimum atomic E-state index is -1.88. The van der Waals surface area contributed by atoms with Gasteiger partial charge in [-0.2, -0.15) is 0 Å². The number of carbonyl (C=O) groups is 7. The number of ether oxygens (including phenoxy) is 1. The van der Waals surface area contributed by atoms with Crippen LogP contribution in [0, 0.1) is 0 Å². The van der Waals surface area contributed by atoms with Crippen molar-refractivity contribution in [1.29, 1.82) is 0 Å². The molecule has 1 rings (SSSR count). The summed E-state index contributed by atoms with van der Waals surface area (Å²) in [7, 11) is 0. The summed E-state index contributed by atoms with van der Waals surface area (Å²) in [6.07, 6.45) is -0.928. The van der Waals surface area contributed by atoms with Gasteiger partial charge in [0.1, 0.15) is 30.3 Å². The predicted molar refractivity (Wildman–Crippen MR) is 134 cm³/mol. The number of carbonyl (C=O) groups excluding carboxylic acids is 5. The number of hydrogen-bond donors (Lipinski definition) is 7. The van der Waals surface area contributed by atoms with E-state index in [9.17, 15) is 33.6 Å². The Hall–Kier alpha value is -4.69. The molecular weight excluding hydrogens is 518 g/mol. The summed E-state index contributed by atoms with van der Waals surface area (Å²) in [5, 5.41) is 28.8. The molecule has 0 saturated carbocycles. The number of benzene rings is 1. The van der Waals surface area contributed by atoms with Crippen LogP contribution in [-0.4, -0.2) is 88.7 Å². The quantitative estimate of drug-likeness (QED) is 0.149. The zero-order chi connectivity index (χ0) is 29.8. The largest absolute Gasteiger partial charge is 0.480 e. The van der Waals surface area contributed by atoms with Crippen molar-refractivity contribution in [3.05, 3.63) is 35.9 Å². The van der Waals surface area contributed by atoms with E-state index in [-0.39, 0.29) is 6.42 Å². The Kier molecular flexibility index (Phi) is 12.4. The number of aliphatic carboxylic acids is 2. The maximum absolute atomic E-state index is 12.8. The lowest BCUT2D eigenvalue weighted by Gasteiger charge is -2.24. The second-order valence-corrected chi connectivity index (χ2v) is 9.31. The molecule has 1 aromatic rings. The molecule has 0 aliphatic rings. The molecule has 0 aliphatic heterocycles. The average molecular weight is 552 g/mol. The molecule has 0 saturated heterocycles. The standard InChI is InChI=1S/C24H33N5O10/c1-13(18(32)28-15(19(33)25-12-17(30)31)10-14-8-6-5-7-9-14)27-20(34)16(29-21(35)22(36)37)11-26-23(38)39-24(2,3)4/h5-9,13,15-16H,10-12H2,1-4H3,(H,25,33)(H,26,38)(H,27,34)(H,28,32)(H,29,35)(H,30,31)(H,36,37)/t13-,15-,16-/m0/s1. The molecule has 0 heterocycles. The first-order valence-corrected chi connectivity index (χ1v) is 11.7. The van der Waals surface area contributed by atoms with Crippen molar-refractivity contribution in [3.8, 4) is 0 Å².